The summed E-state index contributed by atoms with van der Waals surface area (Å²) in [5, 5.41) is 2.67. The molecule has 13 nitrogen and oxygen atoms in total. The Bertz CT molecular complexity index is 2390. The lowest BCUT2D eigenvalue weighted by molar-refractivity contribution is -0.148. The fourth-order valence-electron chi connectivity index (χ4n) is 8.83. The molecule has 0 bridgehead atoms. The SMILES string of the molecule is COC(=O)C[C@H](C(=O)N1C[C@@H](C)C[C@H]1c1ncc(-c2ccc(-c3ccc(-c4cc(F)c5nc([C@@H]6C[C@H](C)CN6C(=O)[C@@H](NC(=O)OC)C(C)C)[nH]c5c4)cc3)cc2)[nH]1)C(C)C. The summed E-state index contributed by atoms with van der Waals surface area (Å²) in [5.41, 5.74) is 6.06. The molecule has 0 saturated carbocycles. The molecule has 3 amide bonds. The molecule has 2 aliphatic rings. The van der Waals surface area contributed by atoms with Crippen LogP contribution in [-0.4, -0.2) is 87.0 Å². The number of imidazole rings is 2. The van der Waals surface area contributed by atoms with E-state index < -0.39 is 29.9 Å². The van der Waals surface area contributed by atoms with E-state index in [9.17, 15) is 19.2 Å². The monoisotopic (exact) mass is 833 g/mol. The molecule has 3 aromatic carbocycles. The zero-order valence-corrected chi connectivity index (χ0v) is 36.1. The van der Waals surface area contributed by atoms with E-state index in [1.165, 1.54) is 20.3 Å². The van der Waals surface area contributed by atoms with Crippen LogP contribution in [0.4, 0.5) is 9.18 Å². The van der Waals surface area contributed by atoms with E-state index in [2.05, 4.69) is 34.1 Å². The first-order valence-corrected chi connectivity index (χ1v) is 21.1. The van der Waals surface area contributed by atoms with Crippen LogP contribution >= 0.6 is 0 Å². The van der Waals surface area contributed by atoms with Crippen LogP contribution in [0.3, 0.4) is 0 Å². The Morgan fingerprint density at radius 3 is 1.87 bits per heavy atom. The van der Waals surface area contributed by atoms with Gasteiger partial charge < -0.3 is 34.6 Å². The molecule has 0 unspecified atom stereocenters. The van der Waals surface area contributed by atoms with Crippen LogP contribution in [-0.2, 0) is 23.9 Å². The van der Waals surface area contributed by atoms with Crippen molar-refractivity contribution in [1.82, 2.24) is 35.1 Å². The van der Waals surface area contributed by atoms with Gasteiger partial charge in [-0.25, -0.2) is 19.2 Å². The lowest BCUT2D eigenvalue weighted by atomic mass is 9.91. The smallest absolute Gasteiger partial charge is 0.407 e. The summed E-state index contributed by atoms with van der Waals surface area (Å²) in [6.07, 6.45) is 2.60. The molecule has 322 valence electrons. The summed E-state index contributed by atoms with van der Waals surface area (Å²) >= 11 is 0. The second-order valence-electron chi connectivity index (χ2n) is 17.5. The van der Waals surface area contributed by atoms with Crippen molar-refractivity contribution >= 4 is 34.9 Å². The fraction of sp³-hybridized carbons (Fsp3) is 0.447. The highest BCUT2D eigenvalue weighted by molar-refractivity contribution is 5.87. The molecule has 61 heavy (non-hydrogen) atoms. The van der Waals surface area contributed by atoms with Gasteiger partial charge in [0.05, 0.1) is 56.0 Å². The van der Waals surface area contributed by atoms with Gasteiger partial charge in [0, 0.05) is 13.1 Å². The van der Waals surface area contributed by atoms with Crippen LogP contribution in [0.25, 0.3) is 44.5 Å². The average Bonchev–Trinajstić information content (AvgIpc) is 4.07. The molecular formula is C47H56FN7O6. The number of rotatable bonds is 12. The Labute approximate surface area is 355 Å². The van der Waals surface area contributed by atoms with Crippen molar-refractivity contribution in [1.29, 1.82) is 0 Å². The number of nitrogens with zero attached hydrogens (tertiary/aromatic N) is 4. The summed E-state index contributed by atoms with van der Waals surface area (Å²) in [5.74, 6) is -0.0879. The maximum absolute atomic E-state index is 15.7. The molecular weight excluding hydrogens is 778 g/mol. The first kappa shape index (κ1) is 43.1. The number of hydrogen-bond acceptors (Lipinski definition) is 8. The van der Waals surface area contributed by atoms with Gasteiger partial charge in [-0.3, -0.25) is 14.4 Å². The summed E-state index contributed by atoms with van der Waals surface area (Å²) < 4.78 is 25.4. The van der Waals surface area contributed by atoms with Gasteiger partial charge in [0.2, 0.25) is 11.8 Å². The molecule has 3 N–H and O–H groups in total. The number of aromatic nitrogens is 4. The number of methoxy groups -OCH3 is 2. The summed E-state index contributed by atoms with van der Waals surface area (Å²) in [6.45, 7) is 12.9. The number of carbonyl (C=O) groups is 4. The predicted octanol–water partition coefficient (Wildman–Crippen LogP) is 8.46. The van der Waals surface area contributed by atoms with Crippen molar-refractivity contribution in [3.05, 3.63) is 84.3 Å². The van der Waals surface area contributed by atoms with Gasteiger partial charge in [0.25, 0.3) is 0 Å². The number of halogens is 1. The molecule has 4 heterocycles. The van der Waals surface area contributed by atoms with Crippen molar-refractivity contribution in [3.8, 4) is 33.5 Å². The number of benzene rings is 3. The quantitative estimate of drug-likeness (QED) is 0.106. The van der Waals surface area contributed by atoms with E-state index >= 15 is 4.39 Å². The molecule has 0 spiro atoms. The Morgan fingerprint density at radius 2 is 1.31 bits per heavy atom. The van der Waals surface area contributed by atoms with Crippen molar-refractivity contribution in [3.63, 3.8) is 0 Å². The number of alkyl carbamates (subject to hydrolysis) is 1. The fourth-order valence-corrected chi connectivity index (χ4v) is 8.83. The normalized spacial score (nSPS) is 20.0. The van der Waals surface area contributed by atoms with Crippen LogP contribution in [0.5, 0.6) is 0 Å². The van der Waals surface area contributed by atoms with Crippen molar-refractivity contribution < 1.29 is 33.0 Å². The number of nitrogens with one attached hydrogen (secondary N) is 3. The number of aromatic amines is 2. The third kappa shape index (κ3) is 9.03. The van der Waals surface area contributed by atoms with Crippen molar-refractivity contribution in [2.24, 2.45) is 29.6 Å². The molecule has 14 heteroatoms. The zero-order valence-electron chi connectivity index (χ0n) is 36.1. The van der Waals surface area contributed by atoms with E-state index in [1.54, 1.807) is 11.1 Å². The lowest BCUT2D eigenvalue weighted by Crippen LogP contribution is -2.51. The Hall–Kier alpha value is -6.05. The second-order valence-corrected chi connectivity index (χ2v) is 17.5. The van der Waals surface area contributed by atoms with Crippen LogP contribution in [0.15, 0.2) is 66.9 Å². The highest BCUT2D eigenvalue weighted by Crippen LogP contribution is 2.39. The van der Waals surface area contributed by atoms with Gasteiger partial charge in [-0.05, 0) is 76.5 Å². The van der Waals surface area contributed by atoms with Crippen LogP contribution in [0.2, 0.25) is 0 Å². The van der Waals surface area contributed by atoms with E-state index in [0.29, 0.717) is 36.4 Å². The highest BCUT2D eigenvalue weighted by Gasteiger charge is 2.42. The Balaban J connectivity index is 1.05. The third-order valence-corrected chi connectivity index (χ3v) is 12.2. The zero-order chi connectivity index (χ0) is 43.7. The van der Waals surface area contributed by atoms with Crippen molar-refractivity contribution in [2.75, 3.05) is 27.3 Å². The second kappa shape index (κ2) is 17.9. The number of esters is 1. The van der Waals surface area contributed by atoms with Crippen LogP contribution in [0.1, 0.15) is 84.5 Å². The predicted molar refractivity (Wildman–Crippen MR) is 230 cm³/mol. The topological polar surface area (TPSA) is 163 Å². The minimum Gasteiger partial charge on any atom is -0.469 e. The molecule has 6 atom stereocenters. The average molecular weight is 834 g/mol. The number of ether oxygens (including phenoxy) is 2. The molecule has 2 aromatic heterocycles. The van der Waals surface area contributed by atoms with Gasteiger partial charge in [-0.2, -0.15) is 0 Å². The molecule has 0 radical (unpaired) electrons. The number of hydrogen-bond donors (Lipinski definition) is 3. The third-order valence-electron chi connectivity index (χ3n) is 12.2. The number of amides is 3. The maximum atomic E-state index is 15.7. The van der Waals surface area contributed by atoms with Crippen LogP contribution < -0.4 is 5.32 Å². The molecule has 0 aliphatic carbocycles. The first-order chi connectivity index (χ1) is 29.1. The van der Waals surface area contributed by atoms with Crippen LogP contribution in [0, 0.1) is 35.4 Å². The largest absolute Gasteiger partial charge is 0.469 e. The number of carbonyl (C=O) groups excluding carboxylic acids is 4. The minimum atomic E-state index is -0.777. The number of fused-ring (bicyclic) bond motifs is 1. The molecule has 2 fully saturated rings. The molecule has 2 aliphatic heterocycles. The lowest BCUT2D eigenvalue weighted by Gasteiger charge is -2.30. The summed E-state index contributed by atoms with van der Waals surface area (Å²) in [7, 11) is 2.61. The van der Waals surface area contributed by atoms with E-state index in [0.717, 1.165) is 40.2 Å². The van der Waals surface area contributed by atoms with E-state index in [-0.39, 0.29) is 59.4 Å². The Morgan fingerprint density at radius 1 is 0.754 bits per heavy atom. The van der Waals surface area contributed by atoms with Gasteiger partial charge in [-0.1, -0.05) is 90.1 Å². The van der Waals surface area contributed by atoms with Gasteiger partial charge in [0.1, 0.15) is 23.2 Å². The van der Waals surface area contributed by atoms with E-state index in [1.807, 2.05) is 87.2 Å². The molecule has 7 rings (SSSR count). The summed E-state index contributed by atoms with van der Waals surface area (Å²) in [4.78, 5) is 71.5. The van der Waals surface area contributed by atoms with Gasteiger partial charge in [-0.15, -0.1) is 0 Å². The van der Waals surface area contributed by atoms with Crippen molar-refractivity contribution in [2.45, 2.75) is 78.9 Å². The standard InChI is InChI=1S/C47H56FN7O6/c1-25(2)34(21-40(56)60-7)45(57)54-23-27(5)17-38(54)43-49-22-37(51-43)32-15-13-30(14-16-32)29-9-11-31(12-10-29)33-19-35(48)42-36(20-33)50-44(52-42)39-18-28(6)24-55(39)46(58)41(26(3)4)53-47(59)61-8/h9-16,19-20,22,25-28,34,38-39,41H,17-18,21,23-24H2,1-8H3,(H,49,51)(H,50,52)(H,53,59)/t27-,28-,34-,38-,39-,41-/m0/s1. The van der Waals surface area contributed by atoms with E-state index in [4.69, 9.17) is 14.5 Å². The number of H-pyrrole nitrogens is 2. The molecule has 5 aromatic rings. The number of likely N-dealkylation sites (tertiary alicyclic amines) is 2. The Kier molecular flexibility index (Phi) is 12.6. The van der Waals surface area contributed by atoms with Gasteiger partial charge in [0.15, 0.2) is 5.82 Å². The minimum absolute atomic E-state index is 0.0179. The maximum Gasteiger partial charge on any atom is 0.407 e. The molecule has 2 saturated heterocycles. The summed E-state index contributed by atoms with van der Waals surface area (Å²) in [6, 6.07) is 18.1. The first-order valence-electron chi connectivity index (χ1n) is 21.1. The van der Waals surface area contributed by atoms with Gasteiger partial charge >= 0.3 is 12.1 Å². The highest BCUT2D eigenvalue weighted by atomic mass is 19.1.